The Morgan fingerprint density at radius 3 is 2.64 bits per heavy atom. The molecule has 2 N–H and O–H groups in total. The van der Waals surface area contributed by atoms with Gasteiger partial charge in [0.2, 0.25) is 0 Å². The molecule has 0 atom stereocenters. The molecule has 0 radical (unpaired) electrons. The van der Waals surface area contributed by atoms with Crippen molar-refractivity contribution in [3.8, 4) is 5.82 Å². The van der Waals surface area contributed by atoms with Crippen molar-refractivity contribution in [2.24, 2.45) is 4.99 Å². The van der Waals surface area contributed by atoms with Crippen molar-refractivity contribution in [3.05, 3.63) is 41.3 Å². The van der Waals surface area contributed by atoms with Gasteiger partial charge in [0.15, 0.2) is 11.8 Å². The normalized spacial score (nSPS) is 11.1. The number of rotatable bonds is 7. The summed E-state index contributed by atoms with van der Waals surface area (Å²) in [6, 6.07) is 6.05. The first-order chi connectivity index (χ1) is 11.6. The predicted octanol–water partition coefficient (Wildman–Crippen LogP) is 2.20. The zero-order valence-electron chi connectivity index (χ0n) is 15.2. The molecule has 0 saturated heterocycles. The van der Waals surface area contributed by atoms with E-state index in [4.69, 9.17) is 4.74 Å². The maximum absolute atomic E-state index is 5.29. The van der Waals surface area contributed by atoms with Gasteiger partial charge in [-0.25, -0.2) is 9.67 Å². The molecule has 0 aliphatic rings. The third-order valence-electron chi connectivity index (χ3n) is 3.46. The number of ether oxygens (including phenoxy) is 1. The van der Waals surface area contributed by atoms with Gasteiger partial charge in [0.05, 0.1) is 12.3 Å². The van der Waals surface area contributed by atoms with Crippen LogP contribution in [0.3, 0.4) is 0 Å². The van der Waals surface area contributed by atoms with Gasteiger partial charge in [0.1, 0.15) is 0 Å². The fourth-order valence-electron chi connectivity index (χ4n) is 2.30. The maximum Gasteiger partial charge on any atom is 0.191 e. The van der Waals surface area contributed by atoms with E-state index in [1.165, 1.54) is 0 Å². The van der Waals surface area contributed by atoms with Gasteiger partial charge in [-0.2, -0.15) is 5.10 Å². The number of aryl methyl sites for hydroxylation is 2. The molecule has 2 rings (SSSR count). The molecule has 0 bridgehead atoms. The second-order valence-electron chi connectivity index (χ2n) is 5.41. The van der Waals surface area contributed by atoms with Gasteiger partial charge < -0.3 is 15.4 Å². The van der Waals surface area contributed by atoms with Crippen LogP contribution in [0.15, 0.2) is 29.4 Å². The zero-order chi connectivity index (χ0) is 17.4. The summed E-state index contributed by atoms with van der Waals surface area (Å²) in [6.45, 7) is 8.75. The van der Waals surface area contributed by atoms with E-state index in [2.05, 4.69) is 25.7 Å². The van der Waals surface area contributed by atoms with E-state index in [0.29, 0.717) is 13.2 Å². The highest BCUT2D eigenvalue weighted by molar-refractivity contribution is 14.0. The van der Waals surface area contributed by atoms with E-state index in [-0.39, 0.29) is 24.0 Å². The molecule has 0 saturated carbocycles. The number of aromatic nitrogens is 3. The van der Waals surface area contributed by atoms with Crippen LogP contribution in [0.1, 0.15) is 23.9 Å². The minimum absolute atomic E-state index is 0. The molecule has 0 aliphatic heterocycles. The summed E-state index contributed by atoms with van der Waals surface area (Å²) in [5.41, 5.74) is 3.14. The van der Waals surface area contributed by atoms with E-state index in [1.807, 2.05) is 49.8 Å². The SMILES string of the molecule is CCOCCNC(=NC)NCc1ccc(-n2nc(C)cc2C)nc1.I. The number of guanidine groups is 1. The monoisotopic (exact) mass is 458 g/mol. The average molecular weight is 458 g/mol. The van der Waals surface area contributed by atoms with E-state index in [0.717, 1.165) is 41.9 Å². The molecule has 2 aromatic heterocycles. The molecule has 0 fully saturated rings. The van der Waals surface area contributed by atoms with Crippen LogP contribution >= 0.6 is 24.0 Å². The van der Waals surface area contributed by atoms with E-state index in [9.17, 15) is 0 Å². The number of pyridine rings is 1. The summed E-state index contributed by atoms with van der Waals surface area (Å²) in [6.07, 6.45) is 1.85. The molecule has 7 nitrogen and oxygen atoms in total. The molecular weight excluding hydrogens is 431 g/mol. The molecular formula is C17H27IN6O. The summed E-state index contributed by atoms with van der Waals surface area (Å²) in [5, 5.41) is 10.9. The van der Waals surface area contributed by atoms with Gasteiger partial charge in [-0.15, -0.1) is 24.0 Å². The molecule has 0 unspecified atom stereocenters. The Kier molecular flexibility index (Phi) is 9.43. The Hall–Kier alpha value is -1.68. The first-order valence-corrected chi connectivity index (χ1v) is 8.15. The zero-order valence-corrected chi connectivity index (χ0v) is 17.6. The van der Waals surface area contributed by atoms with Gasteiger partial charge >= 0.3 is 0 Å². The third-order valence-corrected chi connectivity index (χ3v) is 3.46. The quantitative estimate of drug-likeness (QED) is 0.288. The number of hydrogen-bond acceptors (Lipinski definition) is 4. The maximum atomic E-state index is 5.29. The lowest BCUT2D eigenvalue weighted by atomic mass is 10.3. The third kappa shape index (κ3) is 6.62. The van der Waals surface area contributed by atoms with Gasteiger partial charge in [0, 0.05) is 38.6 Å². The number of hydrogen-bond donors (Lipinski definition) is 2. The van der Waals surface area contributed by atoms with E-state index < -0.39 is 0 Å². The second kappa shape index (κ2) is 11.0. The van der Waals surface area contributed by atoms with Gasteiger partial charge in [-0.05, 0) is 38.5 Å². The number of nitrogens with zero attached hydrogens (tertiary/aromatic N) is 4. The lowest BCUT2D eigenvalue weighted by molar-refractivity contribution is 0.152. The highest BCUT2D eigenvalue weighted by atomic mass is 127. The summed E-state index contributed by atoms with van der Waals surface area (Å²) in [4.78, 5) is 8.68. The van der Waals surface area contributed by atoms with Crippen LogP contribution in [0.2, 0.25) is 0 Å². The van der Waals surface area contributed by atoms with Crippen molar-refractivity contribution < 1.29 is 4.74 Å². The van der Waals surface area contributed by atoms with Crippen LogP contribution < -0.4 is 10.6 Å². The Labute approximate surface area is 166 Å². The largest absolute Gasteiger partial charge is 0.380 e. The van der Waals surface area contributed by atoms with Gasteiger partial charge in [-0.3, -0.25) is 4.99 Å². The van der Waals surface area contributed by atoms with Gasteiger partial charge in [0.25, 0.3) is 0 Å². The van der Waals surface area contributed by atoms with Crippen molar-refractivity contribution in [1.82, 2.24) is 25.4 Å². The molecule has 2 heterocycles. The first-order valence-electron chi connectivity index (χ1n) is 8.15. The molecule has 0 aromatic carbocycles. The fourth-order valence-corrected chi connectivity index (χ4v) is 2.30. The molecule has 138 valence electrons. The summed E-state index contributed by atoms with van der Waals surface area (Å²) >= 11 is 0. The molecule has 25 heavy (non-hydrogen) atoms. The van der Waals surface area contributed by atoms with Gasteiger partial charge in [-0.1, -0.05) is 6.07 Å². The van der Waals surface area contributed by atoms with E-state index in [1.54, 1.807) is 7.05 Å². The average Bonchev–Trinajstić information content (AvgIpc) is 2.93. The van der Waals surface area contributed by atoms with Crippen molar-refractivity contribution in [3.63, 3.8) is 0 Å². The lowest BCUT2D eigenvalue weighted by Gasteiger charge is -2.12. The van der Waals surface area contributed by atoms with Crippen molar-refractivity contribution >= 4 is 29.9 Å². The summed E-state index contributed by atoms with van der Waals surface area (Å²) < 4.78 is 7.14. The van der Waals surface area contributed by atoms with Crippen LogP contribution in [0.5, 0.6) is 0 Å². The minimum atomic E-state index is 0. The predicted molar refractivity (Wildman–Crippen MR) is 111 cm³/mol. The lowest BCUT2D eigenvalue weighted by Crippen LogP contribution is -2.38. The Morgan fingerprint density at radius 1 is 1.28 bits per heavy atom. The molecule has 2 aromatic rings. The molecule has 0 amide bonds. The minimum Gasteiger partial charge on any atom is -0.380 e. The molecule has 8 heteroatoms. The molecule has 0 spiro atoms. The summed E-state index contributed by atoms with van der Waals surface area (Å²) in [7, 11) is 1.75. The van der Waals surface area contributed by atoms with Crippen molar-refractivity contribution in [1.29, 1.82) is 0 Å². The van der Waals surface area contributed by atoms with Crippen LogP contribution in [-0.4, -0.2) is 47.5 Å². The topological polar surface area (TPSA) is 76.4 Å². The Morgan fingerprint density at radius 2 is 2.08 bits per heavy atom. The number of halogens is 1. The summed E-state index contributed by atoms with van der Waals surface area (Å²) in [5.74, 6) is 1.57. The van der Waals surface area contributed by atoms with Crippen LogP contribution in [0.25, 0.3) is 5.82 Å². The fraction of sp³-hybridized carbons (Fsp3) is 0.471. The number of nitrogens with one attached hydrogen (secondary N) is 2. The second-order valence-corrected chi connectivity index (χ2v) is 5.41. The van der Waals surface area contributed by atoms with Crippen LogP contribution in [0.4, 0.5) is 0 Å². The van der Waals surface area contributed by atoms with Crippen molar-refractivity contribution in [2.75, 3.05) is 26.8 Å². The Bertz CT molecular complexity index is 668. The first kappa shape index (κ1) is 21.4. The number of aliphatic imine (C=N–C) groups is 1. The molecule has 0 aliphatic carbocycles. The van der Waals surface area contributed by atoms with Crippen LogP contribution in [-0.2, 0) is 11.3 Å². The smallest absolute Gasteiger partial charge is 0.191 e. The Balaban J connectivity index is 0.00000312. The highest BCUT2D eigenvalue weighted by Gasteiger charge is 2.05. The standard InChI is InChI=1S/C17H26N6O.HI/c1-5-24-9-8-19-17(18-4)21-12-15-6-7-16(20-11-15)23-14(3)10-13(2)22-23;/h6-7,10-11H,5,8-9,12H2,1-4H3,(H2,18,19,21);1H. The highest BCUT2D eigenvalue weighted by Crippen LogP contribution is 2.10. The van der Waals surface area contributed by atoms with Crippen molar-refractivity contribution in [2.45, 2.75) is 27.3 Å². The van der Waals surface area contributed by atoms with Crippen LogP contribution in [0, 0.1) is 13.8 Å². The van der Waals surface area contributed by atoms with E-state index >= 15 is 0 Å².